The molecule has 110 valence electrons. The molecule has 0 saturated heterocycles. The number of ketones is 2. The molecule has 1 aromatic rings. The van der Waals surface area contributed by atoms with Crippen molar-refractivity contribution in [2.45, 2.75) is 26.2 Å². The molecule has 0 aliphatic heterocycles. The first-order chi connectivity index (χ1) is 12.7. The highest BCUT2D eigenvalue weighted by molar-refractivity contribution is 6.26. The van der Waals surface area contributed by atoms with E-state index >= 15 is 0 Å². The number of hydrogen-bond acceptors (Lipinski definition) is 5. The van der Waals surface area contributed by atoms with Gasteiger partial charge in [0.1, 0.15) is 11.5 Å². The molecule has 2 rings (SSSR count). The minimum atomic E-state index is -3.13. The first kappa shape index (κ1) is 8.14. The zero-order valence-corrected chi connectivity index (χ0v) is 10.7. The third-order valence-corrected chi connectivity index (χ3v) is 3.01. The van der Waals surface area contributed by atoms with Gasteiger partial charge in [-0.15, -0.1) is 0 Å². The quantitative estimate of drug-likeness (QED) is 0.586. The topological polar surface area (TPSA) is 94.8 Å². The largest absolute Gasteiger partial charge is 0.507 e. The Kier molecular flexibility index (Phi) is 2.15. The molecule has 1 aromatic carbocycles. The van der Waals surface area contributed by atoms with Gasteiger partial charge < -0.3 is 15.3 Å². The minimum Gasteiger partial charge on any atom is -0.507 e. The van der Waals surface area contributed by atoms with Gasteiger partial charge in [0.2, 0.25) is 0 Å². The van der Waals surface area contributed by atoms with Crippen LogP contribution in [-0.4, -0.2) is 33.0 Å². The van der Waals surface area contributed by atoms with Crippen LogP contribution in [0.3, 0.4) is 0 Å². The number of fused-ring (bicyclic) bond motifs is 1. The molecule has 1 aliphatic rings. The maximum absolute atomic E-state index is 12.6. The SMILES string of the molecule is [2H]C(CC(O)C1=CC(=O)c2c(O)ccc(O)c2C1=O)=C(C([2H])([2H])[2H])C([2H])([2H])[2H]. The maximum atomic E-state index is 12.6. The van der Waals surface area contributed by atoms with Crippen molar-refractivity contribution in [2.24, 2.45) is 0 Å². The predicted octanol–water partition coefficient (Wildman–Crippen LogP) is 2.12. The summed E-state index contributed by atoms with van der Waals surface area (Å²) in [5.41, 5.74) is -2.70. The molecule has 0 radical (unpaired) electrons. The lowest BCUT2D eigenvalue weighted by atomic mass is 9.85. The Hall–Kier alpha value is -2.40. The summed E-state index contributed by atoms with van der Waals surface area (Å²) in [6.45, 7) is -6.25. The molecule has 0 saturated carbocycles. The normalized spacial score (nSPS) is 21.4. The van der Waals surface area contributed by atoms with Crippen molar-refractivity contribution in [3.63, 3.8) is 0 Å². The molecule has 0 spiro atoms. The van der Waals surface area contributed by atoms with Crippen molar-refractivity contribution >= 4 is 11.6 Å². The molecule has 0 heterocycles. The first-order valence-electron chi connectivity index (χ1n) is 9.40. The number of benzene rings is 1. The second kappa shape index (κ2) is 5.54. The van der Waals surface area contributed by atoms with E-state index in [2.05, 4.69) is 0 Å². The number of Topliss-reactive ketones (excluding diaryl/α,β-unsaturated/α-hetero) is 1. The number of phenolic OH excluding ortho intramolecular Hbond substituents is 2. The van der Waals surface area contributed by atoms with Gasteiger partial charge in [-0.25, -0.2) is 0 Å². The molecule has 0 amide bonds. The zero-order chi connectivity index (χ0) is 21.6. The van der Waals surface area contributed by atoms with Crippen LogP contribution in [0, 0.1) is 0 Å². The molecule has 3 N–H and O–H groups in total. The third kappa shape index (κ3) is 2.73. The average Bonchev–Trinajstić information content (AvgIpc) is 2.49. The molecule has 0 bridgehead atoms. The van der Waals surface area contributed by atoms with Crippen LogP contribution in [0.2, 0.25) is 0 Å². The lowest BCUT2D eigenvalue weighted by Crippen LogP contribution is -2.25. The lowest BCUT2D eigenvalue weighted by Gasteiger charge is -2.20. The zero-order valence-electron chi connectivity index (χ0n) is 17.7. The summed E-state index contributed by atoms with van der Waals surface area (Å²) in [6, 6.07) is 1.07. The van der Waals surface area contributed by atoms with E-state index in [4.69, 9.17) is 9.60 Å². The van der Waals surface area contributed by atoms with Gasteiger partial charge in [0.25, 0.3) is 0 Å². The second-order valence-electron chi connectivity index (χ2n) is 4.42. The fourth-order valence-corrected chi connectivity index (χ4v) is 2.04. The summed E-state index contributed by atoms with van der Waals surface area (Å²) in [5, 5.41) is 29.9. The van der Waals surface area contributed by atoms with E-state index in [1.165, 1.54) is 0 Å². The van der Waals surface area contributed by atoms with Gasteiger partial charge in [-0.3, -0.25) is 9.59 Å². The monoisotopic (exact) mass is 295 g/mol. The Labute approximate surface area is 131 Å². The van der Waals surface area contributed by atoms with Crippen molar-refractivity contribution < 1.29 is 34.5 Å². The van der Waals surface area contributed by atoms with E-state index in [1.54, 1.807) is 0 Å². The van der Waals surface area contributed by atoms with Crippen LogP contribution < -0.4 is 0 Å². The summed E-state index contributed by atoms with van der Waals surface area (Å²) in [6.07, 6.45) is -2.03. The summed E-state index contributed by atoms with van der Waals surface area (Å²) >= 11 is 0. The molecule has 21 heavy (non-hydrogen) atoms. The van der Waals surface area contributed by atoms with Gasteiger partial charge in [0.15, 0.2) is 11.6 Å². The van der Waals surface area contributed by atoms with Gasteiger partial charge in [0, 0.05) is 13.8 Å². The van der Waals surface area contributed by atoms with Crippen molar-refractivity contribution in [2.75, 3.05) is 0 Å². The van der Waals surface area contributed by atoms with Crippen LogP contribution in [0.25, 0.3) is 0 Å². The van der Waals surface area contributed by atoms with Gasteiger partial charge in [-0.1, -0.05) is 11.6 Å². The Bertz CT molecular complexity index is 893. The van der Waals surface area contributed by atoms with Gasteiger partial charge >= 0.3 is 0 Å². The molecule has 1 unspecified atom stereocenters. The summed E-state index contributed by atoms with van der Waals surface area (Å²) < 4.78 is 51.6. The number of phenols is 2. The van der Waals surface area contributed by atoms with E-state index in [0.717, 1.165) is 12.1 Å². The number of allylic oxidation sites excluding steroid dienone is 2. The van der Waals surface area contributed by atoms with Crippen molar-refractivity contribution in [3.05, 3.63) is 46.5 Å². The second-order valence-corrected chi connectivity index (χ2v) is 4.42. The predicted molar refractivity (Wildman–Crippen MR) is 76.6 cm³/mol. The summed E-state index contributed by atoms with van der Waals surface area (Å²) in [4.78, 5) is 24.8. The lowest BCUT2D eigenvalue weighted by molar-refractivity contribution is 0.0943. The van der Waals surface area contributed by atoms with E-state index in [1.807, 2.05) is 0 Å². The number of aromatic hydroxyl groups is 2. The molecule has 0 fully saturated rings. The van der Waals surface area contributed by atoms with Crippen LogP contribution in [0.15, 0.2) is 35.4 Å². The highest BCUT2D eigenvalue weighted by Crippen LogP contribution is 2.35. The number of aliphatic hydroxyl groups excluding tert-OH is 1. The summed E-state index contributed by atoms with van der Waals surface area (Å²) in [5.74, 6) is -3.06. The van der Waals surface area contributed by atoms with E-state index in [9.17, 15) is 24.9 Å². The average molecular weight is 295 g/mol. The molecule has 1 aliphatic carbocycles. The van der Waals surface area contributed by atoms with Gasteiger partial charge in [0.05, 0.1) is 18.6 Å². The van der Waals surface area contributed by atoms with Crippen molar-refractivity contribution in [3.8, 4) is 11.5 Å². The number of carbonyl (C=O) groups excluding carboxylic acids is 2. The number of carbonyl (C=O) groups is 2. The van der Waals surface area contributed by atoms with Crippen molar-refractivity contribution in [1.82, 2.24) is 0 Å². The Morgan fingerprint density at radius 1 is 1.29 bits per heavy atom. The molecule has 5 nitrogen and oxygen atoms in total. The molecular formula is C16H16O5. The summed E-state index contributed by atoms with van der Waals surface area (Å²) in [7, 11) is 0. The third-order valence-electron chi connectivity index (χ3n) is 3.01. The van der Waals surface area contributed by atoms with E-state index < -0.39 is 77.6 Å². The van der Waals surface area contributed by atoms with Gasteiger partial charge in [-0.05, 0) is 38.3 Å². The van der Waals surface area contributed by atoms with Crippen LogP contribution >= 0.6 is 0 Å². The number of hydrogen-bond donors (Lipinski definition) is 3. The smallest absolute Gasteiger partial charge is 0.196 e. The number of aliphatic hydroxyl groups is 1. The number of rotatable bonds is 3. The Morgan fingerprint density at radius 2 is 1.90 bits per heavy atom. The minimum absolute atomic E-state index is 0.451. The first-order valence-corrected chi connectivity index (χ1v) is 5.90. The van der Waals surface area contributed by atoms with E-state index in [-0.39, 0.29) is 0 Å². The standard InChI is InChI=1S/C16H16O5/c1-8(2)3-4-10(17)9-7-13(20)14-11(18)5-6-12(19)15(14)16(9)21/h3,5-7,10,17-19H,4H2,1-2H3/i1D3,2D3,3D. The highest BCUT2D eigenvalue weighted by atomic mass is 16.3. The van der Waals surface area contributed by atoms with Crippen LogP contribution in [-0.2, 0) is 0 Å². The molecule has 1 atom stereocenters. The maximum Gasteiger partial charge on any atom is 0.196 e. The van der Waals surface area contributed by atoms with Crippen molar-refractivity contribution in [1.29, 1.82) is 0 Å². The Balaban J connectivity index is 2.47. The molecular weight excluding hydrogens is 272 g/mol. The van der Waals surface area contributed by atoms with E-state index in [0.29, 0.717) is 6.08 Å². The highest BCUT2D eigenvalue weighted by Gasteiger charge is 2.33. The van der Waals surface area contributed by atoms with Crippen LogP contribution in [0.4, 0.5) is 0 Å². The fourth-order valence-electron chi connectivity index (χ4n) is 2.04. The molecule has 5 heteroatoms. The van der Waals surface area contributed by atoms with Crippen LogP contribution in [0.1, 0.15) is 50.4 Å². The van der Waals surface area contributed by atoms with Gasteiger partial charge in [-0.2, -0.15) is 0 Å². The Morgan fingerprint density at radius 3 is 2.52 bits per heavy atom. The fraction of sp³-hybridized carbons (Fsp3) is 0.250. The molecule has 0 aromatic heterocycles. The van der Waals surface area contributed by atoms with Crippen LogP contribution in [0.5, 0.6) is 11.5 Å².